The summed E-state index contributed by atoms with van der Waals surface area (Å²) in [7, 11) is -2.01. The lowest BCUT2D eigenvalue weighted by molar-refractivity contribution is 0.167. The molecule has 21 heavy (non-hydrogen) atoms. The van der Waals surface area contributed by atoms with E-state index in [0.717, 1.165) is 12.0 Å². The summed E-state index contributed by atoms with van der Waals surface area (Å²) in [6.07, 6.45) is 1.39. The highest BCUT2D eigenvalue weighted by Crippen LogP contribution is 2.25. The van der Waals surface area contributed by atoms with Crippen LogP contribution >= 0.6 is 0 Å². The normalized spacial score (nSPS) is 13.6. The van der Waals surface area contributed by atoms with Gasteiger partial charge >= 0.3 is 0 Å². The van der Waals surface area contributed by atoms with E-state index in [1.807, 2.05) is 20.8 Å². The Hall–Kier alpha value is -1.11. The minimum atomic E-state index is -3.58. The van der Waals surface area contributed by atoms with E-state index in [1.54, 1.807) is 25.3 Å². The molecule has 1 unspecified atom stereocenters. The maximum atomic E-state index is 13.0. The van der Waals surface area contributed by atoms with E-state index in [-0.39, 0.29) is 6.04 Å². The zero-order valence-corrected chi connectivity index (χ0v) is 14.1. The minimum absolute atomic E-state index is 0.0868. The molecule has 1 atom stereocenters. The first-order chi connectivity index (χ1) is 9.88. The van der Waals surface area contributed by atoms with Gasteiger partial charge in [0.2, 0.25) is 10.0 Å². The average molecular weight is 314 g/mol. The van der Waals surface area contributed by atoms with Crippen LogP contribution in [0.4, 0.5) is 5.69 Å². The molecule has 0 heterocycles. The summed E-state index contributed by atoms with van der Waals surface area (Å²) in [6.45, 7) is 6.53. The van der Waals surface area contributed by atoms with Crippen LogP contribution in [0.3, 0.4) is 0 Å². The standard InChI is InChI=1S/C15H26N2O3S/c1-5-12(3)17(9-10-20-4)21(18,19)15-11-14(16)8-7-13(15)6-2/h7-8,11-12H,5-6,9-10,16H2,1-4H3. The van der Waals surface area contributed by atoms with Gasteiger partial charge in [-0.2, -0.15) is 4.31 Å². The third-order valence-electron chi connectivity index (χ3n) is 3.66. The van der Waals surface area contributed by atoms with Crippen LogP contribution in [0.2, 0.25) is 0 Å². The largest absolute Gasteiger partial charge is 0.399 e. The van der Waals surface area contributed by atoms with Crippen LogP contribution in [0.1, 0.15) is 32.8 Å². The van der Waals surface area contributed by atoms with Crippen LogP contribution in [-0.2, 0) is 21.2 Å². The van der Waals surface area contributed by atoms with Crippen molar-refractivity contribution in [1.82, 2.24) is 4.31 Å². The Morgan fingerprint density at radius 2 is 2.00 bits per heavy atom. The van der Waals surface area contributed by atoms with E-state index in [1.165, 1.54) is 4.31 Å². The second kappa shape index (κ2) is 7.77. The Morgan fingerprint density at radius 1 is 1.33 bits per heavy atom. The summed E-state index contributed by atoms with van der Waals surface area (Å²) < 4.78 is 32.5. The van der Waals surface area contributed by atoms with Crippen LogP contribution in [-0.4, -0.2) is 39.0 Å². The molecular weight excluding hydrogens is 288 g/mol. The van der Waals surface area contributed by atoms with E-state index in [2.05, 4.69) is 0 Å². The summed E-state index contributed by atoms with van der Waals surface area (Å²) in [6, 6.07) is 4.99. The Kier molecular flexibility index (Phi) is 6.64. The molecule has 0 aromatic heterocycles. The van der Waals surface area contributed by atoms with Gasteiger partial charge in [0.1, 0.15) is 0 Å². The van der Waals surface area contributed by atoms with Crippen LogP contribution in [0, 0.1) is 0 Å². The second-order valence-electron chi connectivity index (χ2n) is 5.09. The number of anilines is 1. The van der Waals surface area contributed by atoms with Crippen molar-refractivity contribution in [2.45, 2.75) is 44.6 Å². The molecule has 1 aromatic carbocycles. The molecular formula is C15H26N2O3S. The van der Waals surface area contributed by atoms with Crippen LogP contribution < -0.4 is 5.73 Å². The monoisotopic (exact) mass is 314 g/mol. The van der Waals surface area contributed by atoms with E-state index in [9.17, 15) is 8.42 Å². The Morgan fingerprint density at radius 3 is 2.52 bits per heavy atom. The van der Waals surface area contributed by atoms with E-state index >= 15 is 0 Å². The molecule has 5 nitrogen and oxygen atoms in total. The number of nitrogens with two attached hydrogens (primary N) is 1. The van der Waals surface area contributed by atoms with E-state index in [4.69, 9.17) is 10.5 Å². The highest BCUT2D eigenvalue weighted by molar-refractivity contribution is 7.89. The number of methoxy groups -OCH3 is 1. The molecule has 120 valence electrons. The number of ether oxygens (including phenoxy) is 1. The number of aryl methyl sites for hydroxylation is 1. The fourth-order valence-corrected chi connectivity index (χ4v) is 4.21. The first kappa shape index (κ1) is 17.9. The summed E-state index contributed by atoms with van der Waals surface area (Å²) in [5.41, 5.74) is 7.03. The molecule has 0 bridgehead atoms. The van der Waals surface area contributed by atoms with Gasteiger partial charge in [-0.15, -0.1) is 0 Å². The molecule has 0 spiro atoms. The highest BCUT2D eigenvalue weighted by atomic mass is 32.2. The molecule has 2 N–H and O–H groups in total. The van der Waals surface area contributed by atoms with Gasteiger partial charge < -0.3 is 10.5 Å². The smallest absolute Gasteiger partial charge is 0.243 e. The van der Waals surface area contributed by atoms with E-state index < -0.39 is 10.0 Å². The van der Waals surface area contributed by atoms with Crippen molar-refractivity contribution in [3.63, 3.8) is 0 Å². The molecule has 0 aliphatic carbocycles. The zero-order valence-electron chi connectivity index (χ0n) is 13.3. The van der Waals surface area contributed by atoms with Gasteiger partial charge in [-0.25, -0.2) is 8.42 Å². The van der Waals surface area contributed by atoms with Gasteiger partial charge in [-0.05, 0) is 37.5 Å². The lowest BCUT2D eigenvalue weighted by atomic mass is 10.1. The number of rotatable bonds is 8. The SMILES string of the molecule is CCc1ccc(N)cc1S(=O)(=O)N(CCOC)C(C)CC. The molecule has 0 fully saturated rings. The summed E-state index contributed by atoms with van der Waals surface area (Å²) >= 11 is 0. The number of nitrogens with zero attached hydrogens (tertiary/aromatic N) is 1. The fraction of sp³-hybridized carbons (Fsp3) is 0.600. The van der Waals surface area contributed by atoms with Crippen LogP contribution in [0.25, 0.3) is 0 Å². The van der Waals surface area contributed by atoms with Gasteiger partial charge in [-0.3, -0.25) is 0 Å². The number of hydrogen-bond acceptors (Lipinski definition) is 4. The summed E-state index contributed by atoms with van der Waals surface area (Å²) in [5, 5.41) is 0. The first-order valence-electron chi connectivity index (χ1n) is 7.27. The van der Waals surface area contributed by atoms with Gasteiger partial charge in [0, 0.05) is 25.4 Å². The summed E-state index contributed by atoms with van der Waals surface area (Å²) in [5.74, 6) is 0. The topological polar surface area (TPSA) is 72.6 Å². The van der Waals surface area contributed by atoms with Gasteiger partial charge in [-0.1, -0.05) is 19.9 Å². The van der Waals surface area contributed by atoms with Crippen molar-refractivity contribution < 1.29 is 13.2 Å². The second-order valence-corrected chi connectivity index (χ2v) is 6.95. The lowest BCUT2D eigenvalue weighted by Gasteiger charge is -2.28. The maximum absolute atomic E-state index is 13.0. The van der Waals surface area contributed by atoms with Crippen LogP contribution in [0.15, 0.2) is 23.1 Å². The van der Waals surface area contributed by atoms with Crippen molar-refractivity contribution >= 4 is 15.7 Å². The van der Waals surface area contributed by atoms with Crippen molar-refractivity contribution in [3.8, 4) is 0 Å². The Labute approximate surface area is 128 Å². The van der Waals surface area contributed by atoms with E-state index in [0.29, 0.717) is 30.2 Å². The number of hydrogen-bond donors (Lipinski definition) is 1. The van der Waals surface area contributed by atoms with Gasteiger partial charge in [0.25, 0.3) is 0 Å². The molecule has 1 rings (SSSR count). The lowest BCUT2D eigenvalue weighted by Crippen LogP contribution is -2.40. The number of sulfonamides is 1. The average Bonchev–Trinajstić information content (AvgIpc) is 2.47. The maximum Gasteiger partial charge on any atom is 0.243 e. The zero-order chi connectivity index (χ0) is 16.0. The molecule has 0 aliphatic heterocycles. The van der Waals surface area contributed by atoms with Gasteiger partial charge in [0.05, 0.1) is 11.5 Å². The molecule has 0 saturated heterocycles. The Bertz CT molecular complexity index is 558. The predicted molar refractivity (Wildman–Crippen MR) is 85.8 cm³/mol. The minimum Gasteiger partial charge on any atom is -0.399 e. The Balaban J connectivity index is 3.31. The molecule has 0 aliphatic rings. The van der Waals surface area contributed by atoms with Crippen molar-refractivity contribution in [1.29, 1.82) is 0 Å². The van der Waals surface area contributed by atoms with Gasteiger partial charge in [0.15, 0.2) is 0 Å². The third kappa shape index (κ3) is 4.18. The molecule has 0 radical (unpaired) electrons. The molecule has 0 saturated carbocycles. The first-order valence-corrected chi connectivity index (χ1v) is 8.71. The quantitative estimate of drug-likeness (QED) is 0.747. The third-order valence-corrected chi connectivity index (χ3v) is 5.75. The highest BCUT2D eigenvalue weighted by Gasteiger charge is 2.29. The summed E-state index contributed by atoms with van der Waals surface area (Å²) in [4.78, 5) is 0.307. The fourth-order valence-electron chi connectivity index (χ4n) is 2.19. The molecule has 6 heteroatoms. The van der Waals surface area contributed by atoms with Crippen LogP contribution in [0.5, 0.6) is 0 Å². The van der Waals surface area contributed by atoms with Crippen molar-refractivity contribution in [2.75, 3.05) is 26.0 Å². The van der Waals surface area contributed by atoms with Crippen molar-refractivity contribution in [2.24, 2.45) is 0 Å². The number of benzene rings is 1. The predicted octanol–water partition coefficient (Wildman–Crippen LogP) is 2.27. The molecule has 1 aromatic rings. The van der Waals surface area contributed by atoms with Crippen molar-refractivity contribution in [3.05, 3.63) is 23.8 Å². The number of nitrogen functional groups attached to an aromatic ring is 1. The molecule has 0 amide bonds.